The summed E-state index contributed by atoms with van der Waals surface area (Å²) in [5.74, 6) is 2.59. The molecule has 0 aromatic carbocycles. The summed E-state index contributed by atoms with van der Waals surface area (Å²) in [4.78, 5) is 11.3. The van der Waals surface area contributed by atoms with Gasteiger partial charge < -0.3 is 15.5 Å². The lowest BCUT2D eigenvalue weighted by molar-refractivity contribution is 0.139. The molecule has 5 heteroatoms. The monoisotopic (exact) mass is 345 g/mol. The molecule has 1 aromatic rings. The van der Waals surface area contributed by atoms with Crippen molar-refractivity contribution >= 4 is 5.96 Å². The molecule has 1 aliphatic rings. The zero-order valence-corrected chi connectivity index (χ0v) is 16.2. The van der Waals surface area contributed by atoms with E-state index in [4.69, 9.17) is 0 Å². The number of nitrogens with one attached hydrogen (secondary N) is 2. The van der Waals surface area contributed by atoms with Crippen molar-refractivity contribution in [3.63, 3.8) is 0 Å². The first-order valence-electron chi connectivity index (χ1n) is 9.74. The van der Waals surface area contributed by atoms with Gasteiger partial charge in [-0.15, -0.1) is 0 Å². The van der Waals surface area contributed by atoms with Gasteiger partial charge >= 0.3 is 0 Å². The van der Waals surface area contributed by atoms with E-state index < -0.39 is 0 Å². The molecule has 2 atom stereocenters. The lowest BCUT2D eigenvalue weighted by Crippen LogP contribution is -2.40. The Morgan fingerprint density at radius 2 is 1.92 bits per heavy atom. The van der Waals surface area contributed by atoms with Crippen molar-refractivity contribution in [2.24, 2.45) is 16.8 Å². The van der Waals surface area contributed by atoms with E-state index >= 15 is 0 Å². The van der Waals surface area contributed by atoms with E-state index in [1.165, 1.54) is 38.9 Å². The fourth-order valence-electron chi connectivity index (χ4n) is 3.72. The lowest BCUT2D eigenvalue weighted by atomic mass is 9.92. The molecule has 1 aliphatic heterocycles. The van der Waals surface area contributed by atoms with Crippen molar-refractivity contribution in [1.82, 2.24) is 20.5 Å². The third kappa shape index (κ3) is 7.86. The molecule has 5 nitrogen and oxygen atoms in total. The van der Waals surface area contributed by atoms with Gasteiger partial charge in [0, 0.05) is 51.5 Å². The van der Waals surface area contributed by atoms with Gasteiger partial charge in [0.25, 0.3) is 0 Å². The molecule has 0 aliphatic carbocycles. The van der Waals surface area contributed by atoms with E-state index in [1.54, 1.807) is 0 Å². The number of aliphatic imine (C=N–C) groups is 1. The van der Waals surface area contributed by atoms with Crippen LogP contribution >= 0.6 is 0 Å². The van der Waals surface area contributed by atoms with Crippen LogP contribution in [-0.2, 0) is 6.42 Å². The lowest BCUT2D eigenvalue weighted by Gasteiger charge is -2.34. The largest absolute Gasteiger partial charge is 0.356 e. The van der Waals surface area contributed by atoms with Gasteiger partial charge in [0.1, 0.15) is 0 Å². The number of rotatable bonds is 8. The van der Waals surface area contributed by atoms with Crippen LogP contribution in [0.5, 0.6) is 0 Å². The second-order valence-corrected chi connectivity index (χ2v) is 7.41. The van der Waals surface area contributed by atoms with Gasteiger partial charge in [0.05, 0.1) is 0 Å². The number of aromatic nitrogens is 1. The number of likely N-dealkylation sites (tertiary alicyclic amines) is 1. The third-order valence-electron chi connectivity index (χ3n) is 4.76. The highest BCUT2D eigenvalue weighted by molar-refractivity contribution is 5.79. The topological polar surface area (TPSA) is 52.6 Å². The molecule has 0 bridgehead atoms. The van der Waals surface area contributed by atoms with E-state index in [1.807, 2.05) is 25.4 Å². The van der Waals surface area contributed by atoms with Crippen molar-refractivity contribution in [3.05, 3.63) is 30.1 Å². The van der Waals surface area contributed by atoms with Crippen molar-refractivity contribution in [1.29, 1.82) is 0 Å². The fourth-order valence-corrected chi connectivity index (χ4v) is 3.72. The third-order valence-corrected chi connectivity index (χ3v) is 4.76. The maximum Gasteiger partial charge on any atom is 0.190 e. The minimum atomic E-state index is 0.847. The standard InChI is InChI=1S/C20H35N5/c1-17-14-18(2)16-25(15-17)13-7-6-11-23-20(21-3)24-12-9-19-8-4-5-10-22-19/h4-5,8,10,17-18H,6-7,9,11-16H2,1-3H3,(H2,21,23,24). The predicted octanol–water partition coefficient (Wildman–Crippen LogP) is 2.55. The zero-order chi connectivity index (χ0) is 17.9. The maximum atomic E-state index is 4.34. The molecule has 2 rings (SSSR count). The summed E-state index contributed by atoms with van der Waals surface area (Å²) in [5, 5.41) is 6.77. The minimum absolute atomic E-state index is 0.847. The molecule has 25 heavy (non-hydrogen) atoms. The van der Waals surface area contributed by atoms with Crippen LogP contribution in [0.15, 0.2) is 29.4 Å². The van der Waals surface area contributed by atoms with Crippen LogP contribution in [0.2, 0.25) is 0 Å². The van der Waals surface area contributed by atoms with Gasteiger partial charge in [-0.25, -0.2) is 0 Å². The number of nitrogens with zero attached hydrogens (tertiary/aromatic N) is 3. The molecule has 140 valence electrons. The normalized spacial score (nSPS) is 22.0. The molecule has 2 unspecified atom stereocenters. The molecule has 1 saturated heterocycles. The smallest absolute Gasteiger partial charge is 0.190 e. The molecule has 2 N–H and O–H groups in total. The first-order valence-corrected chi connectivity index (χ1v) is 9.74. The van der Waals surface area contributed by atoms with E-state index in [-0.39, 0.29) is 0 Å². The molecule has 2 heterocycles. The summed E-state index contributed by atoms with van der Waals surface area (Å²) in [7, 11) is 1.83. The predicted molar refractivity (Wildman–Crippen MR) is 106 cm³/mol. The zero-order valence-electron chi connectivity index (χ0n) is 16.2. The Morgan fingerprint density at radius 3 is 2.60 bits per heavy atom. The molecule has 0 spiro atoms. The van der Waals surface area contributed by atoms with Crippen LogP contribution in [0.1, 0.15) is 38.8 Å². The molecular weight excluding hydrogens is 310 g/mol. The van der Waals surface area contributed by atoms with Crippen LogP contribution in [0.4, 0.5) is 0 Å². The molecule has 0 saturated carbocycles. The van der Waals surface area contributed by atoms with Gasteiger partial charge in [-0.3, -0.25) is 9.98 Å². The molecule has 0 amide bonds. The van der Waals surface area contributed by atoms with Gasteiger partial charge in [-0.05, 0) is 49.8 Å². The Bertz CT molecular complexity index is 492. The summed E-state index contributed by atoms with van der Waals surface area (Å²) in [5.41, 5.74) is 1.11. The summed E-state index contributed by atoms with van der Waals surface area (Å²) >= 11 is 0. The van der Waals surface area contributed by atoms with Crippen LogP contribution < -0.4 is 10.6 Å². The Kier molecular flexibility index (Phi) is 8.73. The summed E-state index contributed by atoms with van der Waals surface area (Å²) in [6.07, 6.45) is 6.56. The Balaban J connectivity index is 1.53. The van der Waals surface area contributed by atoms with Gasteiger partial charge in [0.2, 0.25) is 0 Å². The first-order chi connectivity index (χ1) is 12.2. The number of hydrogen-bond acceptors (Lipinski definition) is 3. The fraction of sp³-hybridized carbons (Fsp3) is 0.700. The van der Waals surface area contributed by atoms with E-state index in [0.29, 0.717) is 0 Å². The maximum absolute atomic E-state index is 4.34. The summed E-state index contributed by atoms with van der Waals surface area (Å²) in [6.45, 7) is 10.4. The SMILES string of the molecule is CN=C(NCCCCN1CC(C)CC(C)C1)NCCc1ccccn1. The van der Waals surface area contributed by atoms with Gasteiger partial charge in [-0.1, -0.05) is 19.9 Å². The highest BCUT2D eigenvalue weighted by Gasteiger charge is 2.20. The van der Waals surface area contributed by atoms with Crippen molar-refractivity contribution in [2.45, 2.75) is 39.5 Å². The van der Waals surface area contributed by atoms with Crippen LogP contribution in [0.25, 0.3) is 0 Å². The number of pyridine rings is 1. The number of unbranched alkanes of at least 4 members (excludes halogenated alkanes) is 1. The first kappa shape index (κ1) is 19.7. The second kappa shape index (κ2) is 11.1. The van der Waals surface area contributed by atoms with Crippen LogP contribution in [-0.4, -0.2) is 55.6 Å². The van der Waals surface area contributed by atoms with Crippen LogP contribution in [0, 0.1) is 11.8 Å². The average Bonchev–Trinajstić information content (AvgIpc) is 2.60. The highest BCUT2D eigenvalue weighted by atomic mass is 15.2. The van der Waals surface area contributed by atoms with E-state index in [2.05, 4.69) is 45.4 Å². The Hall–Kier alpha value is -1.62. The van der Waals surface area contributed by atoms with E-state index in [9.17, 15) is 0 Å². The quantitative estimate of drug-likeness (QED) is 0.432. The molecule has 1 aromatic heterocycles. The summed E-state index contributed by atoms with van der Waals surface area (Å²) in [6, 6.07) is 6.03. The summed E-state index contributed by atoms with van der Waals surface area (Å²) < 4.78 is 0. The molecular formula is C20H35N5. The molecule has 0 radical (unpaired) electrons. The number of hydrogen-bond donors (Lipinski definition) is 2. The van der Waals surface area contributed by atoms with Crippen molar-refractivity contribution < 1.29 is 0 Å². The van der Waals surface area contributed by atoms with Crippen LogP contribution in [0.3, 0.4) is 0 Å². The van der Waals surface area contributed by atoms with Gasteiger partial charge in [0.15, 0.2) is 5.96 Å². The second-order valence-electron chi connectivity index (χ2n) is 7.41. The Labute approximate surface area is 153 Å². The highest BCUT2D eigenvalue weighted by Crippen LogP contribution is 2.20. The average molecular weight is 346 g/mol. The van der Waals surface area contributed by atoms with E-state index in [0.717, 1.165) is 43.0 Å². The number of piperidine rings is 1. The minimum Gasteiger partial charge on any atom is -0.356 e. The van der Waals surface area contributed by atoms with Crippen molar-refractivity contribution in [3.8, 4) is 0 Å². The molecule has 1 fully saturated rings. The van der Waals surface area contributed by atoms with Gasteiger partial charge in [-0.2, -0.15) is 0 Å². The number of guanidine groups is 1. The Morgan fingerprint density at radius 1 is 1.16 bits per heavy atom. The van der Waals surface area contributed by atoms with Crippen molar-refractivity contribution in [2.75, 3.05) is 39.8 Å².